The van der Waals surface area contributed by atoms with E-state index in [0.717, 1.165) is 7.11 Å². The molecule has 12 N–H and O–H groups in total. The van der Waals surface area contributed by atoms with Gasteiger partial charge in [-0.05, 0) is 33.1 Å². The Bertz CT molecular complexity index is 1670. The van der Waals surface area contributed by atoms with Crippen molar-refractivity contribution in [2.24, 2.45) is 23.5 Å². The van der Waals surface area contributed by atoms with Gasteiger partial charge in [0, 0.05) is 31.1 Å². The molecule has 2 saturated heterocycles. The summed E-state index contributed by atoms with van der Waals surface area (Å²) in [6.45, 7) is 6.79. The number of hydrogen-bond acceptors (Lipinski definition) is 18. The lowest BCUT2D eigenvalue weighted by molar-refractivity contribution is -0.281. The molecule has 0 aliphatic carbocycles. The molecule has 0 saturated carbocycles. The maximum absolute atomic E-state index is 13.1. The second kappa shape index (κ2) is 28.8. The van der Waals surface area contributed by atoms with Gasteiger partial charge >= 0.3 is 11.9 Å². The number of hydrogen-bond donors (Lipinski definition) is 11. The summed E-state index contributed by atoms with van der Waals surface area (Å²) in [5.41, 5.74) is 6.05. The van der Waals surface area contributed by atoms with Crippen molar-refractivity contribution in [3.63, 3.8) is 0 Å². The van der Waals surface area contributed by atoms with E-state index in [2.05, 4.69) is 0 Å². The molecule has 2 bridgehead atoms. The zero-order valence-corrected chi connectivity index (χ0v) is 38.5. The summed E-state index contributed by atoms with van der Waals surface area (Å²) >= 11 is 0. The normalized spacial score (nSPS) is 44.9. The lowest BCUT2D eigenvalue weighted by Crippen LogP contribution is -2.62. The van der Waals surface area contributed by atoms with Gasteiger partial charge in [-0.2, -0.15) is 0 Å². The lowest BCUT2D eigenvalue weighted by atomic mass is 9.82. The minimum absolute atomic E-state index is 0.0836. The summed E-state index contributed by atoms with van der Waals surface area (Å²) in [6.07, 6.45) is 2.66. The minimum atomic E-state index is -1.75. The molecule has 374 valence electrons. The molecule has 18 heteroatoms. The Morgan fingerprint density at radius 3 is 1.76 bits per heavy atom. The van der Waals surface area contributed by atoms with Crippen LogP contribution in [0.1, 0.15) is 72.6 Å². The van der Waals surface area contributed by atoms with Gasteiger partial charge in [-0.1, -0.05) is 98.9 Å². The molecule has 3 rings (SSSR count). The lowest BCUT2D eigenvalue weighted by Gasteiger charge is -2.44. The summed E-state index contributed by atoms with van der Waals surface area (Å²) in [6, 6.07) is -1.12. The highest BCUT2D eigenvalue weighted by atomic mass is 16.7. The molecular weight excluding hydrogens is 863 g/mol. The van der Waals surface area contributed by atoms with Crippen LogP contribution in [-0.4, -0.2) is 174 Å². The highest BCUT2D eigenvalue weighted by Crippen LogP contribution is 2.34. The predicted octanol–water partition coefficient (Wildman–Crippen LogP) is 0.451. The molecule has 66 heavy (non-hydrogen) atoms. The smallest absolute Gasteiger partial charge is 0.314 e. The largest absolute Gasteiger partial charge is 0.469 e. The molecule has 0 aromatic rings. The van der Waals surface area contributed by atoms with Crippen molar-refractivity contribution in [1.82, 2.24) is 0 Å². The second-order valence-electron chi connectivity index (χ2n) is 17.6. The van der Waals surface area contributed by atoms with Gasteiger partial charge in [-0.15, -0.1) is 0 Å². The minimum Gasteiger partial charge on any atom is -0.469 e. The van der Waals surface area contributed by atoms with Crippen LogP contribution in [0.5, 0.6) is 0 Å². The maximum Gasteiger partial charge on any atom is 0.314 e. The molecule has 0 aromatic carbocycles. The van der Waals surface area contributed by atoms with Crippen molar-refractivity contribution >= 4 is 11.9 Å². The van der Waals surface area contributed by atoms with Gasteiger partial charge in [-0.25, -0.2) is 0 Å². The number of carbonyl (C=O) groups is 2. The van der Waals surface area contributed by atoms with E-state index in [9.17, 15) is 60.7 Å². The Balaban J connectivity index is 1.87. The number of methoxy groups -OCH3 is 1. The quantitative estimate of drug-likeness (QED) is 0.171. The molecule has 3 heterocycles. The highest BCUT2D eigenvalue weighted by molar-refractivity contribution is 5.74. The van der Waals surface area contributed by atoms with Crippen molar-refractivity contribution in [1.29, 1.82) is 0 Å². The van der Waals surface area contributed by atoms with E-state index in [1.807, 2.05) is 37.3 Å². The Labute approximate surface area is 387 Å². The molecule has 18 nitrogen and oxygen atoms in total. The van der Waals surface area contributed by atoms with Crippen LogP contribution in [0.25, 0.3) is 0 Å². The van der Waals surface area contributed by atoms with E-state index in [0.29, 0.717) is 0 Å². The fourth-order valence-corrected chi connectivity index (χ4v) is 7.99. The number of fused-ring (bicyclic) bond motifs is 2. The molecule has 0 radical (unpaired) electrons. The van der Waals surface area contributed by atoms with Gasteiger partial charge < -0.3 is 80.5 Å². The monoisotopic (exact) mass is 938 g/mol. The molecule has 0 aromatic heterocycles. The molecule has 20 atom stereocenters. The van der Waals surface area contributed by atoms with Crippen LogP contribution in [0.15, 0.2) is 85.1 Å². The molecule has 2 unspecified atom stereocenters. The third-order valence-electron chi connectivity index (χ3n) is 12.3. The summed E-state index contributed by atoms with van der Waals surface area (Å²) in [5, 5.41) is 108. The van der Waals surface area contributed by atoms with Gasteiger partial charge in [-0.3, -0.25) is 9.59 Å². The molecule has 3 aliphatic rings. The fraction of sp³-hybridized carbons (Fsp3) is 0.667. The van der Waals surface area contributed by atoms with Crippen molar-refractivity contribution in [3.8, 4) is 0 Å². The van der Waals surface area contributed by atoms with E-state index in [1.165, 1.54) is 0 Å². The maximum atomic E-state index is 13.1. The number of esters is 2. The number of ether oxygens (including phenoxy) is 5. The zero-order valence-electron chi connectivity index (χ0n) is 38.5. The number of carbonyl (C=O) groups excluding carboxylic acids is 2. The van der Waals surface area contributed by atoms with Crippen LogP contribution in [0.3, 0.4) is 0 Å². The average molecular weight is 938 g/mol. The van der Waals surface area contributed by atoms with Gasteiger partial charge in [0.25, 0.3) is 0 Å². The van der Waals surface area contributed by atoms with Gasteiger partial charge in [0.05, 0.1) is 92.8 Å². The molecule has 0 amide bonds. The zero-order chi connectivity index (χ0) is 49.1. The molecule has 0 spiro atoms. The first-order valence-electron chi connectivity index (χ1n) is 22.7. The SMILES string of the molecule is COC(=O)[C@@H]1[C@@H](O)[C@H](O)C2C[C@@H](O)C[C@@H](O)[C@H](O)CC[C@@H](O)C[C@@H](O)CC(=O)O[C@@H](C)[C@H](C)[C@H](O)[C@@H](C)\C=C/C=C/C=C/C=C/C=C/C=C/C=C/[C@H](OC3O[C@H](C)[C@@H](O)[C@H](N)[C@@H]3O)C[C@@H]1O2. The average Bonchev–Trinajstić information content (AvgIpc) is 3.26. The van der Waals surface area contributed by atoms with Crippen molar-refractivity contribution in [2.75, 3.05) is 7.11 Å². The van der Waals surface area contributed by atoms with Crippen molar-refractivity contribution in [2.45, 2.75) is 177 Å². The van der Waals surface area contributed by atoms with Gasteiger partial charge in [0.15, 0.2) is 6.29 Å². The highest BCUT2D eigenvalue weighted by Gasteiger charge is 2.50. The number of cyclic esters (lactones) is 1. The second-order valence-corrected chi connectivity index (χ2v) is 17.6. The summed E-state index contributed by atoms with van der Waals surface area (Å²) in [5.74, 6) is -3.79. The Morgan fingerprint density at radius 1 is 0.591 bits per heavy atom. The number of rotatable bonds is 3. The standard InChI is InChI=1S/C48H75NO17/c1-27-18-16-14-12-10-8-6-7-9-11-13-15-17-19-34(65-48-46(60)41(49)43(57)30(4)64-48)26-37-40(47(61)62-5)45(59)44(58)38(66-37)24-33(52)23-36(54)35(53)21-20-31(50)22-32(51)25-39(55)63-29(3)28(2)42(27)56/h6-19,27-38,40-46,48,50-54,56-60H,20-26,49H2,1-5H3/b7-6+,10-8+,11-9+,14-12+,15-13+,18-16-,19-17+/t27-,28-,29-,30+,31+,32+,33-,34-,35+,36+,37-,38?,40-,41-,42+,43+,44+,45+,46-,48?/m0/s1. The van der Waals surface area contributed by atoms with E-state index >= 15 is 0 Å². The van der Waals surface area contributed by atoms with E-state index < -0.39 is 141 Å². The number of aliphatic hydroxyl groups is 10. The fourth-order valence-electron chi connectivity index (χ4n) is 7.99. The first kappa shape index (κ1) is 56.9. The summed E-state index contributed by atoms with van der Waals surface area (Å²) in [4.78, 5) is 25.7. The third kappa shape index (κ3) is 18.2. The Hall–Kier alpha value is -3.44. The van der Waals surface area contributed by atoms with Gasteiger partial charge in [0.1, 0.15) is 24.2 Å². The Kier molecular flexibility index (Phi) is 24.8. The van der Waals surface area contributed by atoms with E-state index in [1.54, 1.807) is 75.5 Å². The molecular formula is C48H75NO17. The Morgan fingerprint density at radius 2 is 1.17 bits per heavy atom. The van der Waals surface area contributed by atoms with Crippen LogP contribution in [0, 0.1) is 17.8 Å². The molecule has 3 aliphatic heterocycles. The van der Waals surface area contributed by atoms with Crippen LogP contribution in [0.2, 0.25) is 0 Å². The third-order valence-corrected chi connectivity index (χ3v) is 12.3. The van der Waals surface area contributed by atoms with Crippen molar-refractivity contribution in [3.05, 3.63) is 85.1 Å². The topological polar surface area (TPSA) is 309 Å². The first-order valence-corrected chi connectivity index (χ1v) is 22.7. The number of aliphatic hydroxyl groups excluding tert-OH is 10. The van der Waals surface area contributed by atoms with Gasteiger partial charge in [0.2, 0.25) is 0 Å². The first-order chi connectivity index (χ1) is 31.2. The van der Waals surface area contributed by atoms with Crippen LogP contribution in [-0.2, 0) is 33.3 Å². The summed E-state index contributed by atoms with van der Waals surface area (Å²) < 4.78 is 28.5. The van der Waals surface area contributed by atoms with Crippen LogP contribution in [0.4, 0.5) is 0 Å². The molecule has 2 fully saturated rings. The predicted molar refractivity (Wildman–Crippen MR) is 242 cm³/mol. The van der Waals surface area contributed by atoms with E-state index in [4.69, 9.17) is 29.4 Å². The van der Waals surface area contributed by atoms with E-state index in [-0.39, 0.29) is 38.0 Å². The number of allylic oxidation sites excluding steroid dienone is 12. The van der Waals surface area contributed by atoms with Crippen LogP contribution >= 0.6 is 0 Å². The summed E-state index contributed by atoms with van der Waals surface area (Å²) in [7, 11) is 1.10. The van der Waals surface area contributed by atoms with Crippen molar-refractivity contribution < 1.29 is 84.3 Å². The number of nitrogens with two attached hydrogens (primary N) is 1. The van der Waals surface area contributed by atoms with Crippen LogP contribution < -0.4 is 5.73 Å².